The second kappa shape index (κ2) is 6.56. The summed E-state index contributed by atoms with van der Waals surface area (Å²) in [5.74, 6) is -0.207. The average Bonchev–Trinajstić information content (AvgIpc) is 2.38. The Morgan fingerprint density at radius 3 is 2.58 bits per heavy atom. The maximum absolute atomic E-state index is 12.0. The summed E-state index contributed by atoms with van der Waals surface area (Å²) in [6, 6.07) is 5.45. The molecule has 1 aromatic rings. The van der Waals surface area contributed by atoms with Crippen molar-refractivity contribution in [2.45, 2.75) is 13.8 Å². The van der Waals surface area contributed by atoms with Crippen molar-refractivity contribution in [3.63, 3.8) is 0 Å². The summed E-state index contributed by atoms with van der Waals surface area (Å²) in [5.41, 5.74) is 2.30. The van der Waals surface area contributed by atoms with Crippen LogP contribution in [0.25, 0.3) is 0 Å². The van der Waals surface area contributed by atoms with Crippen molar-refractivity contribution in [1.82, 2.24) is 5.32 Å². The Kier molecular flexibility index (Phi) is 5.35. The van der Waals surface area contributed by atoms with Crippen LogP contribution in [0.2, 0.25) is 0 Å². The van der Waals surface area contributed by atoms with E-state index >= 15 is 0 Å². The first-order valence-electron chi connectivity index (χ1n) is 6.16. The van der Waals surface area contributed by atoms with Crippen LogP contribution in [0.15, 0.2) is 18.2 Å². The summed E-state index contributed by atoms with van der Waals surface area (Å²) in [7, 11) is -1.31. The zero-order chi connectivity index (χ0) is 14.5. The molecule has 0 unspecified atom stereocenters. The molecule has 0 fully saturated rings. The van der Waals surface area contributed by atoms with E-state index in [-0.39, 0.29) is 24.0 Å². The maximum Gasteiger partial charge on any atom is 0.253 e. The van der Waals surface area contributed by atoms with Gasteiger partial charge in [0.25, 0.3) is 5.91 Å². The fourth-order valence-electron chi connectivity index (χ4n) is 1.62. The molecule has 0 spiro atoms. The Morgan fingerprint density at radius 2 is 2.00 bits per heavy atom. The predicted molar refractivity (Wildman–Crippen MR) is 77.4 cm³/mol. The van der Waals surface area contributed by atoms with E-state index in [0.29, 0.717) is 5.56 Å². The molecule has 0 aliphatic heterocycles. The Labute approximate surface area is 114 Å². The number of hydrogen-bond donors (Lipinski definition) is 2. The van der Waals surface area contributed by atoms with E-state index < -0.39 is 9.84 Å². The molecule has 0 aliphatic carbocycles. The van der Waals surface area contributed by atoms with E-state index in [0.717, 1.165) is 11.3 Å². The number of amides is 1. The summed E-state index contributed by atoms with van der Waals surface area (Å²) < 4.78 is 22.6. The number of carbonyl (C=O) groups excluding carboxylic acids is 1. The second-order valence-corrected chi connectivity index (χ2v) is 6.76. The van der Waals surface area contributed by atoms with E-state index in [9.17, 15) is 13.2 Å². The van der Waals surface area contributed by atoms with E-state index in [2.05, 4.69) is 10.6 Å². The average molecular weight is 284 g/mol. The molecule has 6 heteroatoms. The molecular weight excluding hydrogens is 264 g/mol. The van der Waals surface area contributed by atoms with E-state index in [1.165, 1.54) is 0 Å². The van der Waals surface area contributed by atoms with Gasteiger partial charge in [0.05, 0.1) is 11.3 Å². The molecule has 2 N–H and O–H groups in total. The molecule has 0 aromatic heterocycles. The molecule has 0 radical (unpaired) electrons. The summed E-state index contributed by atoms with van der Waals surface area (Å²) in [6.45, 7) is 3.67. The van der Waals surface area contributed by atoms with Crippen molar-refractivity contribution in [3.05, 3.63) is 29.3 Å². The van der Waals surface area contributed by atoms with Crippen LogP contribution in [-0.2, 0) is 9.84 Å². The Hall–Kier alpha value is -1.56. The number of benzene rings is 1. The lowest BCUT2D eigenvalue weighted by Gasteiger charge is -2.10. The molecule has 106 valence electrons. The lowest BCUT2D eigenvalue weighted by Crippen LogP contribution is -2.30. The van der Waals surface area contributed by atoms with Crippen LogP contribution in [0.4, 0.5) is 5.69 Å². The minimum absolute atomic E-state index is 0.0318. The van der Waals surface area contributed by atoms with Gasteiger partial charge in [0.1, 0.15) is 0 Å². The fraction of sp³-hybridized carbons (Fsp3) is 0.462. The first-order valence-corrected chi connectivity index (χ1v) is 7.98. The molecule has 1 amide bonds. The highest BCUT2D eigenvalue weighted by Gasteiger charge is 2.12. The highest BCUT2D eigenvalue weighted by Crippen LogP contribution is 2.16. The highest BCUT2D eigenvalue weighted by molar-refractivity contribution is 7.91. The number of anilines is 1. The number of carbonyl (C=O) groups is 1. The van der Waals surface area contributed by atoms with Gasteiger partial charge in [-0.15, -0.1) is 0 Å². The number of aryl methyl sites for hydroxylation is 1. The molecule has 0 bridgehead atoms. The van der Waals surface area contributed by atoms with Crippen LogP contribution < -0.4 is 10.6 Å². The van der Waals surface area contributed by atoms with E-state index in [1.807, 2.05) is 19.1 Å². The molecular formula is C13H20N2O3S. The van der Waals surface area contributed by atoms with Crippen LogP contribution in [0.5, 0.6) is 0 Å². The monoisotopic (exact) mass is 284 g/mol. The first kappa shape index (κ1) is 15.5. The standard InChI is InChI=1S/C13H20N2O3S/c1-4-19(17,18)8-7-15-13(16)11-6-5-10(2)9-12(11)14-3/h5-6,9,14H,4,7-8H2,1-3H3,(H,15,16). The van der Waals surface area contributed by atoms with E-state index in [1.54, 1.807) is 20.0 Å². The van der Waals surface area contributed by atoms with Gasteiger partial charge in [-0.05, 0) is 24.6 Å². The third kappa shape index (κ3) is 4.55. The van der Waals surface area contributed by atoms with Crippen molar-refractivity contribution < 1.29 is 13.2 Å². The van der Waals surface area contributed by atoms with Gasteiger partial charge in [-0.25, -0.2) is 8.42 Å². The molecule has 19 heavy (non-hydrogen) atoms. The van der Waals surface area contributed by atoms with Gasteiger partial charge in [-0.1, -0.05) is 13.0 Å². The smallest absolute Gasteiger partial charge is 0.253 e. The topological polar surface area (TPSA) is 75.3 Å². The summed E-state index contributed by atoms with van der Waals surface area (Å²) in [6.07, 6.45) is 0. The molecule has 0 aliphatic rings. The van der Waals surface area contributed by atoms with Crippen LogP contribution in [0.3, 0.4) is 0 Å². The zero-order valence-corrected chi connectivity index (χ0v) is 12.3. The van der Waals surface area contributed by atoms with Crippen molar-refractivity contribution in [1.29, 1.82) is 0 Å². The fourth-order valence-corrected chi connectivity index (χ4v) is 2.32. The minimum atomic E-state index is -3.05. The first-order chi connectivity index (χ1) is 8.89. The third-order valence-corrected chi connectivity index (χ3v) is 4.53. The van der Waals surface area contributed by atoms with Gasteiger partial charge in [0, 0.05) is 25.0 Å². The van der Waals surface area contributed by atoms with Crippen LogP contribution in [0, 0.1) is 6.92 Å². The third-order valence-electron chi connectivity index (χ3n) is 2.83. The molecule has 1 aromatic carbocycles. The number of nitrogens with one attached hydrogen (secondary N) is 2. The molecule has 0 heterocycles. The lowest BCUT2D eigenvalue weighted by atomic mass is 10.1. The maximum atomic E-state index is 12.0. The Bertz CT molecular complexity index is 553. The van der Waals surface area contributed by atoms with Gasteiger partial charge in [0.2, 0.25) is 0 Å². The van der Waals surface area contributed by atoms with Gasteiger partial charge < -0.3 is 10.6 Å². The quantitative estimate of drug-likeness (QED) is 0.823. The van der Waals surface area contributed by atoms with Gasteiger partial charge in [-0.3, -0.25) is 4.79 Å². The molecule has 0 saturated heterocycles. The number of rotatable bonds is 6. The van der Waals surface area contributed by atoms with Crippen molar-refractivity contribution >= 4 is 21.4 Å². The Balaban J connectivity index is 2.69. The normalized spacial score (nSPS) is 11.1. The molecule has 0 saturated carbocycles. The van der Waals surface area contributed by atoms with Gasteiger partial charge in [0.15, 0.2) is 9.84 Å². The van der Waals surface area contributed by atoms with Crippen molar-refractivity contribution in [2.75, 3.05) is 30.4 Å². The highest BCUT2D eigenvalue weighted by atomic mass is 32.2. The zero-order valence-electron chi connectivity index (χ0n) is 11.5. The molecule has 0 atom stereocenters. The minimum Gasteiger partial charge on any atom is -0.387 e. The van der Waals surface area contributed by atoms with Crippen LogP contribution in [-0.4, -0.2) is 39.4 Å². The number of hydrogen-bond acceptors (Lipinski definition) is 4. The van der Waals surface area contributed by atoms with Crippen LogP contribution in [0.1, 0.15) is 22.8 Å². The van der Waals surface area contributed by atoms with Crippen molar-refractivity contribution in [2.24, 2.45) is 0 Å². The molecule has 1 rings (SSSR count). The predicted octanol–water partition coefficient (Wildman–Crippen LogP) is 1.20. The Morgan fingerprint density at radius 1 is 1.32 bits per heavy atom. The summed E-state index contributed by atoms with van der Waals surface area (Å²) >= 11 is 0. The van der Waals surface area contributed by atoms with Gasteiger partial charge >= 0.3 is 0 Å². The van der Waals surface area contributed by atoms with Crippen LogP contribution >= 0.6 is 0 Å². The molecule has 5 nitrogen and oxygen atoms in total. The van der Waals surface area contributed by atoms with E-state index in [4.69, 9.17) is 0 Å². The number of sulfone groups is 1. The second-order valence-electron chi connectivity index (χ2n) is 4.29. The summed E-state index contributed by atoms with van der Waals surface area (Å²) in [4.78, 5) is 12.0. The van der Waals surface area contributed by atoms with Gasteiger partial charge in [-0.2, -0.15) is 0 Å². The largest absolute Gasteiger partial charge is 0.387 e. The van der Waals surface area contributed by atoms with Crippen molar-refractivity contribution in [3.8, 4) is 0 Å². The SMILES string of the molecule is CCS(=O)(=O)CCNC(=O)c1ccc(C)cc1NC. The lowest BCUT2D eigenvalue weighted by molar-refractivity contribution is 0.0957. The summed E-state index contributed by atoms with van der Waals surface area (Å²) in [5, 5.41) is 5.58.